The first-order valence-corrected chi connectivity index (χ1v) is 8.84. The molecule has 5 amide bonds. The molecule has 1 heterocycles. The zero-order chi connectivity index (χ0) is 19.1. The number of nitrogens with zero attached hydrogens (tertiary/aromatic N) is 1. The van der Waals surface area contributed by atoms with E-state index in [2.05, 4.69) is 21.3 Å². The summed E-state index contributed by atoms with van der Waals surface area (Å²) in [6, 6.07) is 6.54. The average Bonchev–Trinajstić information content (AvgIpc) is 2.62. The molecule has 142 valence electrons. The molecular weight excluding hydrogens is 334 g/mol. The van der Waals surface area contributed by atoms with Gasteiger partial charge in [-0.05, 0) is 51.0 Å². The van der Waals surface area contributed by atoms with E-state index >= 15 is 0 Å². The van der Waals surface area contributed by atoms with E-state index in [0.29, 0.717) is 37.3 Å². The maximum atomic E-state index is 12.3. The van der Waals surface area contributed by atoms with Gasteiger partial charge in [0.05, 0.1) is 0 Å². The van der Waals surface area contributed by atoms with Crippen LogP contribution in [-0.2, 0) is 4.79 Å². The van der Waals surface area contributed by atoms with E-state index < -0.39 is 0 Å². The summed E-state index contributed by atoms with van der Waals surface area (Å²) in [4.78, 5) is 37.3. The average molecular weight is 361 g/mol. The second kappa shape index (κ2) is 9.07. The Morgan fingerprint density at radius 3 is 2.04 bits per heavy atom. The Kier molecular flexibility index (Phi) is 6.82. The van der Waals surface area contributed by atoms with Crippen LogP contribution in [0.15, 0.2) is 24.3 Å². The number of amides is 5. The van der Waals surface area contributed by atoms with E-state index in [0.717, 1.165) is 0 Å². The van der Waals surface area contributed by atoms with Gasteiger partial charge in [0.15, 0.2) is 0 Å². The van der Waals surface area contributed by atoms with Crippen LogP contribution in [0.2, 0.25) is 0 Å². The van der Waals surface area contributed by atoms with Crippen LogP contribution in [0.4, 0.5) is 21.0 Å². The number of carbonyl (C=O) groups is 3. The highest BCUT2D eigenvalue weighted by molar-refractivity contribution is 5.91. The van der Waals surface area contributed by atoms with Gasteiger partial charge in [0, 0.05) is 43.5 Å². The minimum atomic E-state index is -0.268. The van der Waals surface area contributed by atoms with Crippen molar-refractivity contribution in [3.63, 3.8) is 0 Å². The van der Waals surface area contributed by atoms with Gasteiger partial charge in [-0.1, -0.05) is 0 Å². The molecule has 0 atom stereocenters. The minimum Gasteiger partial charge on any atom is -0.359 e. The third kappa shape index (κ3) is 5.65. The molecule has 1 saturated heterocycles. The van der Waals surface area contributed by atoms with Crippen LogP contribution < -0.4 is 21.3 Å². The summed E-state index contributed by atoms with van der Waals surface area (Å²) >= 11 is 0. The second-order valence-corrected chi connectivity index (χ2v) is 6.64. The number of anilines is 2. The highest BCUT2D eigenvalue weighted by Crippen LogP contribution is 2.19. The van der Waals surface area contributed by atoms with Crippen molar-refractivity contribution in [2.45, 2.75) is 32.7 Å². The zero-order valence-electron chi connectivity index (χ0n) is 15.5. The monoisotopic (exact) mass is 361 g/mol. The van der Waals surface area contributed by atoms with Gasteiger partial charge in [-0.2, -0.15) is 0 Å². The van der Waals surface area contributed by atoms with Gasteiger partial charge in [-0.25, -0.2) is 9.59 Å². The van der Waals surface area contributed by atoms with Gasteiger partial charge in [0.25, 0.3) is 0 Å². The van der Waals surface area contributed by atoms with Crippen molar-refractivity contribution < 1.29 is 14.4 Å². The summed E-state index contributed by atoms with van der Waals surface area (Å²) in [7, 11) is 1.63. The second-order valence-electron chi connectivity index (χ2n) is 6.64. The summed E-state index contributed by atoms with van der Waals surface area (Å²) in [5, 5.41) is 11.0. The van der Waals surface area contributed by atoms with Crippen LogP contribution in [0.25, 0.3) is 0 Å². The van der Waals surface area contributed by atoms with Crippen LogP contribution in [0.3, 0.4) is 0 Å². The Morgan fingerprint density at radius 2 is 1.54 bits per heavy atom. The fourth-order valence-electron chi connectivity index (χ4n) is 2.82. The van der Waals surface area contributed by atoms with Crippen molar-refractivity contribution in [1.82, 2.24) is 15.5 Å². The third-order valence-electron chi connectivity index (χ3n) is 4.21. The Bertz CT molecular complexity index is 637. The number of hydrogen-bond acceptors (Lipinski definition) is 3. The lowest BCUT2D eigenvalue weighted by Gasteiger charge is -2.31. The zero-order valence-corrected chi connectivity index (χ0v) is 15.5. The van der Waals surface area contributed by atoms with Crippen molar-refractivity contribution in [2.75, 3.05) is 30.8 Å². The van der Waals surface area contributed by atoms with Gasteiger partial charge in [-0.3, -0.25) is 4.79 Å². The number of nitrogens with one attached hydrogen (secondary N) is 4. The van der Waals surface area contributed by atoms with Gasteiger partial charge in [0.1, 0.15) is 0 Å². The van der Waals surface area contributed by atoms with Crippen LogP contribution in [-0.4, -0.2) is 49.0 Å². The van der Waals surface area contributed by atoms with Crippen LogP contribution >= 0.6 is 0 Å². The Balaban J connectivity index is 1.82. The highest BCUT2D eigenvalue weighted by Gasteiger charge is 2.26. The molecule has 1 aromatic rings. The molecule has 8 heteroatoms. The van der Waals surface area contributed by atoms with Crippen molar-refractivity contribution in [1.29, 1.82) is 0 Å². The molecule has 0 aromatic heterocycles. The van der Waals surface area contributed by atoms with E-state index in [1.165, 1.54) is 0 Å². The van der Waals surface area contributed by atoms with Crippen LogP contribution in [0.5, 0.6) is 0 Å². The van der Waals surface area contributed by atoms with Crippen LogP contribution in [0.1, 0.15) is 26.7 Å². The van der Waals surface area contributed by atoms with Gasteiger partial charge in [0.2, 0.25) is 5.91 Å². The maximum absolute atomic E-state index is 12.3. The Labute approximate surface area is 153 Å². The van der Waals surface area contributed by atoms with E-state index in [4.69, 9.17) is 0 Å². The Hall–Kier alpha value is -2.77. The number of piperidine rings is 1. The molecule has 0 spiro atoms. The largest absolute Gasteiger partial charge is 0.359 e. The molecule has 0 radical (unpaired) electrons. The van der Waals surface area contributed by atoms with Gasteiger partial charge < -0.3 is 26.2 Å². The Morgan fingerprint density at radius 1 is 1.00 bits per heavy atom. The fourth-order valence-corrected chi connectivity index (χ4v) is 2.82. The fraction of sp³-hybridized carbons (Fsp3) is 0.500. The minimum absolute atomic E-state index is 0.0219. The molecule has 8 nitrogen and oxygen atoms in total. The molecular formula is C18H27N5O3. The normalized spacial score (nSPS) is 14.7. The lowest BCUT2D eigenvalue weighted by atomic mass is 9.96. The number of rotatable bonds is 4. The van der Waals surface area contributed by atoms with Crippen LogP contribution in [0, 0.1) is 5.92 Å². The van der Waals surface area contributed by atoms with Crippen molar-refractivity contribution in [2.24, 2.45) is 5.92 Å². The molecule has 0 aliphatic carbocycles. The predicted molar refractivity (Wildman–Crippen MR) is 101 cm³/mol. The maximum Gasteiger partial charge on any atom is 0.321 e. The molecule has 4 N–H and O–H groups in total. The highest BCUT2D eigenvalue weighted by atomic mass is 16.2. The standard InChI is InChI=1S/C18H27N5O3/c1-12(2)20-17(25)21-14-4-6-15(7-5-14)22-18(26)23-10-8-13(9-11-23)16(24)19-3/h4-7,12-13H,8-11H2,1-3H3,(H,19,24)(H,22,26)(H2,20,21,25). The van der Waals surface area contributed by atoms with Crippen molar-refractivity contribution in [3.8, 4) is 0 Å². The number of urea groups is 2. The summed E-state index contributed by atoms with van der Waals surface area (Å²) in [5.41, 5.74) is 1.30. The molecule has 0 bridgehead atoms. The van der Waals surface area contributed by atoms with Crippen molar-refractivity contribution >= 4 is 29.3 Å². The number of benzene rings is 1. The van der Waals surface area contributed by atoms with E-state index in [-0.39, 0.29) is 29.9 Å². The predicted octanol–water partition coefficient (Wildman–Crippen LogP) is 2.21. The SMILES string of the molecule is CNC(=O)C1CCN(C(=O)Nc2ccc(NC(=O)NC(C)C)cc2)CC1. The topological polar surface area (TPSA) is 103 Å². The molecule has 1 aliphatic rings. The quantitative estimate of drug-likeness (QED) is 0.661. The third-order valence-corrected chi connectivity index (χ3v) is 4.21. The van der Waals surface area contributed by atoms with E-state index in [1.54, 1.807) is 36.2 Å². The van der Waals surface area contributed by atoms with Crippen molar-refractivity contribution in [3.05, 3.63) is 24.3 Å². The molecule has 26 heavy (non-hydrogen) atoms. The smallest absolute Gasteiger partial charge is 0.321 e. The number of carbonyl (C=O) groups excluding carboxylic acids is 3. The molecule has 1 aromatic carbocycles. The van der Waals surface area contributed by atoms with Gasteiger partial charge in [-0.15, -0.1) is 0 Å². The van der Waals surface area contributed by atoms with E-state index in [9.17, 15) is 14.4 Å². The summed E-state index contributed by atoms with van der Waals surface area (Å²) in [6.07, 6.45) is 1.34. The molecule has 1 aliphatic heterocycles. The van der Waals surface area contributed by atoms with E-state index in [1.807, 2.05) is 13.8 Å². The number of hydrogen-bond donors (Lipinski definition) is 4. The first-order chi connectivity index (χ1) is 12.4. The molecule has 2 rings (SSSR count). The summed E-state index contributed by atoms with van der Waals surface area (Å²) < 4.78 is 0. The molecule has 0 saturated carbocycles. The first kappa shape index (κ1) is 19.6. The lowest BCUT2D eigenvalue weighted by Crippen LogP contribution is -2.44. The molecule has 1 fully saturated rings. The summed E-state index contributed by atoms with van der Waals surface area (Å²) in [5.74, 6) is 0.0149. The number of likely N-dealkylation sites (tertiary alicyclic amines) is 1. The first-order valence-electron chi connectivity index (χ1n) is 8.84. The van der Waals surface area contributed by atoms with Gasteiger partial charge >= 0.3 is 12.1 Å². The summed E-state index contributed by atoms with van der Waals surface area (Å²) in [6.45, 7) is 4.88. The lowest BCUT2D eigenvalue weighted by molar-refractivity contribution is -0.125. The molecule has 0 unspecified atom stereocenters.